The summed E-state index contributed by atoms with van der Waals surface area (Å²) >= 11 is 1.69. The molecule has 0 radical (unpaired) electrons. The largest absolute Gasteiger partial charge is 0.497 e. The van der Waals surface area contributed by atoms with Crippen LogP contribution in [0.25, 0.3) is 0 Å². The van der Waals surface area contributed by atoms with Gasteiger partial charge < -0.3 is 9.26 Å². The van der Waals surface area contributed by atoms with E-state index in [1.807, 2.05) is 18.2 Å². The van der Waals surface area contributed by atoms with E-state index in [1.54, 1.807) is 18.9 Å². The van der Waals surface area contributed by atoms with Gasteiger partial charge in [0.2, 0.25) is 5.89 Å². The monoisotopic (exact) mass is 292 g/mol. The van der Waals surface area contributed by atoms with Gasteiger partial charge >= 0.3 is 0 Å². The first-order valence-corrected chi connectivity index (χ1v) is 7.74. The lowest BCUT2D eigenvalue weighted by atomic mass is 10.2. The highest BCUT2D eigenvalue weighted by Crippen LogP contribution is 2.35. The lowest BCUT2D eigenvalue weighted by Gasteiger charge is -2.07. The number of nitrogens with zero attached hydrogens (tertiary/aromatic N) is 2. The zero-order chi connectivity index (χ0) is 14.4. The summed E-state index contributed by atoms with van der Waals surface area (Å²) in [7, 11) is 1.67. The second-order valence-corrected chi connectivity index (χ2v) is 6.01. The average Bonchev–Trinajstić information content (AvgIpc) is 2.94. The Morgan fingerprint density at radius 2 is 2.25 bits per heavy atom. The van der Waals surface area contributed by atoms with Gasteiger partial charge in [-0.25, -0.2) is 0 Å². The first kappa shape index (κ1) is 14.9. The maximum atomic E-state index is 5.34. The molecule has 0 saturated carbocycles. The molecule has 4 nitrogen and oxygen atoms in total. The third-order valence-corrected chi connectivity index (χ3v) is 4.02. The van der Waals surface area contributed by atoms with Gasteiger partial charge in [-0.3, -0.25) is 0 Å². The number of thioether (sulfide) groups is 1. The minimum Gasteiger partial charge on any atom is -0.497 e. The van der Waals surface area contributed by atoms with Gasteiger partial charge in [0.25, 0.3) is 0 Å². The number of methoxy groups -OCH3 is 1. The molecule has 0 spiro atoms. The summed E-state index contributed by atoms with van der Waals surface area (Å²) in [4.78, 5) is 5.59. The van der Waals surface area contributed by atoms with E-state index in [0.29, 0.717) is 5.89 Å². The van der Waals surface area contributed by atoms with Crippen LogP contribution in [0.2, 0.25) is 0 Å². The summed E-state index contributed by atoms with van der Waals surface area (Å²) in [6.07, 6.45) is 3.12. The third-order valence-electron chi connectivity index (χ3n) is 2.94. The number of rotatable bonds is 7. The van der Waals surface area contributed by atoms with Crippen LogP contribution < -0.4 is 4.74 Å². The van der Waals surface area contributed by atoms with Crippen LogP contribution in [0.15, 0.2) is 33.7 Å². The second-order valence-electron chi connectivity index (χ2n) is 4.59. The highest BCUT2D eigenvalue weighted by Gasteiger charge is 2.15. The Labute approximate surface area is 123 Å². The predicted molar refractivity (Wildman–Crippen MR) is 80.2 cm³/mol. The van der Waals surface area contributed by atoms with Crippen LogP contribution in [-0.4, -0.2) is 17.3 Å². The SMILES string of the molecule is CCCCc1noc(C(C)Sc2cccc(OC)c2)n1. The number of aromatic nitrogens is 2. The smallest absolute Gasteiger partial charge is 0.239 e. The lowest BCUT2D eigenvalue weighted by Crippen LogP contribution is -1.91. The van der Waals surface area contributed by atoms with Gasteiger partial charge in [-0.2, -0.15) is 4.98 Å². The van der Waals surface area contributed by atoms with E-state index < -0.39 is 0 Å². The topological polar surface area (TPSA) is 48.2 Å². The Kier molecular flexibility index (Phi) is 5.47. The molecule has 108 valence electrons. The van der Waals surface area contributed by atoms with E-state index in [4.69, 9.17) is 9.26 Å². The van der Waals surface area contributed by atoms with Crippen molar-refractivity contribution >= 4 is 11.8 Å². The Morgan fingerprint density at radius 1 is 1.40 bits per heavy atom. The molecule has 1 unspecified atom stereocenters. The average molecular weight is 292 g/mol. The van der Waals surface area contributed by atoms with Crippen molar-refractivity contribution in [1.29, 1.82) is 0 Å². The zero-order valence-corrected chi connectivity index (χ0v) is 12.9. The molecular formula is C15H20N2O2S. The molecule has 0 amide bonds. The number of unbranched alkanes of at least 4 members (excludes halogenated alkanes) is 1. The van der Waals surface area contributed by atoms with Crippen molar-refractivity contribution in [3.05, 3.63) is 36.0 Å². The Bertz CT molecular complexity index is 542. The van der Waals surface area contributed by atoms with Crippen molar-refractivity contribution in [2.24, 2.45) is 0 Å². The fourth-order valence-corrected chi connectivity index (χ4v) is 2.74. The quantitative estimate of drug-likeness (QED) is 0.713. The van der Waals surface area contributed by atoms with Gasteiger partial charge in [0, 0.05) is 11.3 Å². The highest BCUT2D eigenvalue weighted by molar-refractivity contribution is 7.99. The molecule has 0 bridgehead atoms. The van der Waals surface area contributed by atoms with E-state index in [0.717, 1.165) is 35.7 Å². The number of ether oxygens (including phenoxy) is 1. The fourth-order valence-electron chi connectivity index (χ4n) is 1.80. The highest BCUT2D eigenvalue weighted by atomic mass is 32.2. The summed E-state index contributed by atoms with van der Waals surface area (Å²) in [5.41, 5.74) is 0. The molecule has 1 atom stereocenters. The molecule has 1 aromatic heterocycles. The normalized spacial score (nSPS) is 12.3. The minimum absolute atomic E-state index is 0.130. The number of hydrogen-bond donors (Lipinski definition) is 0. The number of hydrogen-bond acceptors (Lipinski definition) is 5. The number of aryl methyl sites for hydroxylation is 1. The molecule has 0 aliphatic heterocycles. The van der Waals surface area contributed by atoms with Crippen LogP contribution in [-0.2, 0) is 6.42 Å². The molecule has 2 aromatic rings. The Balaban J connectivity index is 1.99. The minimum atomic E-state index is 0.130. The standard InChI is InChI=1S/C15H20N2O2S/c1-4-5-9-14-16-15(19-17-14)11(2)20-13-8-6-7-12(10-13)18-3/h6-8,10-11H,4-5,9H2,1-3H3. The molecule has 5 heteroatoms. The van der Waals surface area contributed by atoms with Crippen molar-refractivity contribution in [2.45, 2.75) is 43.3 Å². The molecule has 20 heavy (non-hydrogen) atoms. The Hall–Kier alpha value is -1.49. The maximum Gasteiger partial charge on any atom is 0.239 e. The summed E-state index contributed by atoms with van der Waals surface area (Å²) in [5, 5.41) is 4.16. The first-order valence-electron chi connectivity index (χ1n) is 6.86. The molecular weight excluding hydrogens is 272 g/mol. The first-order chi connectivity index (χ1) is 9.72. The van der Waals surface area contributed by atoms with Gasteiger partial charge in [-0.15, -0.1) is 11.8 Å². The van der Waals surface area contributed by atoms with E-state index in [9.17, 15) is 0 Å². The van der Waals surface area contributed by atoms with Crippen LogP contribution >= 0.6 is 11.8 Å². The van der Waals surface area contributed by atoms with Crippen LogP contribution in [0.1, 0.15) is 43.7 Å². The van der Waals surface area contributed by atoms with Crippen LogP contribution in [0.3, 0.4) is 0 Å². The molecule has 0 fully saturated rings. The van der Waals surface area contributed by atoms with Crippen molar-refractivity contribution in [1.82, 2.24) is 10.1 Å². The third kappa shape index (κ3) is 4.00. The Morgan fingerprint density at radius 3 is 3.00 bits per heavy atom. The molecule has 2 rings (SSSR count). The fraction of sp³-hybridized carbons (Fsp3) is 0.467. The van der Waals surface area contributed by atoms with Crippen molar-refractivity contribution < 1.29 is 9.26 Å². The van der Waals surface area contributed by atoms with Crippen molar-refractivity contribution in [2.75, 3.05) is 7.11 Å². The molecule has 1 aromatic carbocycles. The summed E-state index contributed by atoms with van der Waals surface area (Å²) in [5.74, 6) is 2.35. The maximum absolute atomic E-state index is 5.34. The van der Waals surface area contributed by atoms with Crippen molar-refractivity contribution in [3.63, 3.8) is 0 Å². The van der Waals surface area contributed by atoms with E-state index in [1.165, 1.54) is 0 Å². The predicted octanol–water partition coefficient (Wildman–Crippen LogP) is 4.27. The van der Waals surface area contributed by atoms with E-state index >= 15 is 0 Å². The molecule has 0 saturated heterocycles. The molecule has 0 aliphatic rings. The van der Waals surface area contributed by atoms with Gasteiger partial charge in [0.15, 0.2) is 5.82 Å². The van der Waals surface area contributed by atoms with Crippen molar-refractivity contribution in [3.8, 4) is 5.75 Å². The summed E-state index contributed by atoms with van der Waals surface area (Å²) < 4.78 is 10.6. The van der Waals surface area contributed by atoms with E-state index in [-0.39, 0.29) is 5.25 Å². The van der Waals surface area contributed by atoms with Gasteiger partial charge in [0.1, 0.15) is 5.75 Å². The second kappa shape index (κ2) is 7.33. The van der Waals surface area contributed by atoms with Gasteiger partial charge in [-0.1, -0.05) is 24.6 Å². The summed E-state index contributed by atoms with van der Waals surface area (Å²) in [6.45, 7) is 4.23. The van der Waals surface area contributed by atoms with Crippen LogP contribution in [0.5, 0.6) is 5.75 Å². The molecule has 0 aliphatic carbocycles. The zero-order valence-electron chi connectivity index (χ0n) is 12.1. The number of benzene rings is 1. The lowest BCUT2D eigenvalue weighted by molar-refractivity contribution is 0.374. The summed E-state index contributed by atoms with van der Waals surface area (Å²) in [6, 6.07) is 7.98. The van der Waals surface area contributed by atoms with E-state index in [2.05, 4.69) is 30.1 Å². The van der Waals surface area contributed by atoms with Crippen LogP contribution in [0.4, 0.5) is 0 Å². The molecule has 1 heterocycles. The molecule has 0 N–H and O–H groups in total. The van der Waals surface area contributed by atoms with Crippen LogP contribution in [0, 0.1) is 0 Å². The van der Waals surface area contributed by atoms with Gasteiger partial charge in [0.05, 0.1) is 12.4 Å². The van der Waals surface area contributed by atoms with Gasteiger partial charge in [-0.05, 0) is 31.5 Å².